The Kier molecular flexibility index (Phi) is 6.08. The molecule has 0 saturated carbocycles. The maximum absolute atomic E-state index is 13.1. The second-order valence-corrected chi connectivity index (χ2v) is 6.84. The highest BCUT2D eigenvalue weighted by molar-refractivity contribution is 6.05. The highest BCUT2D eigenvalue weighted by Crippen LogP contribution is 2.17. The molecule has 6 nitrogen and oxygen atoms in total. The zero-order valence-electron chi connectivity index (χ0n) is 15.7. The van der Waals surface area contributed by atoms with E-state index in [2.05, 4.69) is 17.3 Å². The monoisotopic (exact) mass is 367 g/mol. The van der Waals surface area contributed by atoms with Gasteiger partial charge in [-0.2, -0.15) is 0 Å². The Morgan fingerprint density at radius 3 is 2.48 bits per heavy atom. The fraction of sp³-hybridized carbons (Fsp3) is 0.333. The zero-order chi connectivity index (χ0) is 19.2. The van der Waals surface area contributed by atoms with Crippen LogP contribution in [-0.4, -0.2) is 54.8 Å². The maximum Gasteiger partial charge on any atom is 0.270 e. The second-order valence-electron chi connectivity index (χ2n) is 6.84. The molecule has 1 fully saturated rings. The van der Waals surface area contributed by atoms with Crippen molar-refractivity contribution in [2.75, 3.05) is 27.2 Å². The molecule has 1 N–H and O–H groups in total. The Bertz CT molecular complexity index is 791. The Hall–Kier alpha value is -2.86. The summed E-state index contributed by atoms with van der Waals surface area (Å²) in [7, 11) is 3.88. The van der Waals surface area contributed by atoms with Gasteiger partial charge in [-0.25, -0.2) is 0 Å². The lowest BCUT2D eigenvalue weighted by atomic mass is 10.0. The number of hydrogen-bond donors (Lipinski definition) is 1. The van der Waals surface area contributed by atoms with E-state index in [0.717, 1.165) is 25.9 Å². The van der Waals surface area contributed by atoms with Gasteiger partial charge in [0.2, 0.25) is 0 Å². The number of likely N-dealkylation sites (tertiary alicyclic amines) is 1. The van der Waals surface area contributed by atoms with Crippen molar-refractivity contribution < 1.29 is 14.0 Å². The molecule has 142 valence electrons. The molecule has 0 bridgehead atoms. The molecule has 2 aromatic rings. The lowest BCUT2D eigenvalue weighted by molar-refractivity contribution is -0.128. The molecule has 1 aliphatic heterocycles. The van der Waals surface area contributed by atoms with E-state index < -0.39 is 0 Å². The molecule has 0 aliphatic carbocycles. The summed E-state index contributed by atoms with van der Waals surface area (Å²) in [6.45, 7) is 1.91. The van der Waals surface area contributed by atoms with Gasteiger partial charge in [-0.3, -0.25) is 9.59 Å². The van der Waals surface area contributed by atoms with E-state index in [0.29, 0.717) is 11.3 Å². The molecule has 1 aliphatic rings. The van der Waals surface area contributed by atoms with Crippen LogP contribution in [0.15, 0.2) is 58.8 Å². The third kappa shape index (κ3) is 4.86. The number of nitrogens with zero attached hydrogens (tertiary/aromatic N) is 2. The van der Waals surface area contributed by atoms with Crippen molar-refractivity contribution in [3.63, 3.8) is 0 Å². The van der Waals surface area contributed by atoms with Crippen LogP contribution in [0.5, 0.6) is 0 Å². The predicted molar refractivity (Wildman–Crippen MR) is 104 cm³/mol. The van der Waals surface area contributed by atoms with Crippen LogP contribution < -0.4 is 5.32 Å². The minimum atomic E-state index is -0.321. The lowest BCUT2D eigenvalue weighted by Gasteiger charge is -2.35. The van der Waals surface area contributed by atoms with E-state index in [1.165, 1.54) is 6.26 Å². The summed E-state index contributed by atoms with van der Waals surface area (Å²) in [5.74, 6) is -0.0211. The van der Waals surface area contributed by atoms with Crippen LogP contribution in [0.3, 0.4) is 0 Å². The van der Waals surface area contributed by atoms with Crippen molar-refractivity contribution in [3.05, 3.63) is 65.7 Å². The summed E-state index contributed by atoms with van der Waals surface area (Å²) in [5.41, 5.74) is 0.706. The van der Waals surface area contributed by atoms with Crippen molar-refractivity contribution in [2.45, 2.75) is 18.9 Å². The van der Waals surface area contributed by atoms with Crippen molar-refractivity contribution in [3.8, 4) is 0 Å². The van der Waals surface area contributed by atoms with Crippen LogP contribution in [0.4, 0.5) is 0 Å². The molecule has 6 heteroatoms. The van der Waals surface area contributed by atoms with Crippen molar-refractivity contribution in [1.29, 1.82) is 0 Å². The minimum absolute atomic E-state index is 0.155. The van der Waals surface area contributed by atoms with Crippen LogP contribution in [-0.2, 0) is 4.79 Å². The van der Waals surface area contributed by atoms with Crippen molar-refractivity contribution in [2.24, 2.45) is 0 Å². The second kappa shape index (κ2) is 8.68. The highest BCUT2D eigenvalue weighted by Gasteiger charge is 2.27. The quantitative estimate of drug-likeness (QED) is 0.825. The number of amides is 2. The van der Waals surface area contributed by atoms with Gasteiger partial charge in [0, 0.05) is 24.7 Å². The number of nitrogens with one attached hydrogen (secondary N) is 1. The Balaban J connectivity index is 1.79. The lowest BCUT2D eigenvalue weighted by Crippen LogP contribution is -2.46. The number of carbonyl (C=O) groups is 2. The minimum Gasteiger partial charge on any atom is -0.465 e. The van der Waals surface area contributed by atoms with Crippen LogP contribution in [0.1, 0.15) is 29.0 Å². The fourth-order valence-electron chi connectivity index (χ4n) is 3.19. The molecule has 3 rings (SSSR count). The standard InChI is InChI=1S/C21H25N3O3/c1-23-12-10-17(11-13-23)24(2)21(26)19(15-18-9-6-14-27-18)22-20(25)16-7-4-3-5-8-16/h3-9,14-15,17H,10-13H2,1-2H3,(H,22,25). The van der Waals surface area contributed by atoms with E-state index in [1.807, 2.05) is 6.07 Å². The summed E-state index contributed by atoms with van der Waals surface area (Å²) in [6, 6.07) is 12.5. The fourth-order valence-corrected chi connectivity index (χ4v) is 3.19. The van der Waals surface area contributed by atoms with Crippen LogP contribution in [0, 0.1) is 0 Å². The van der Waals surface area contributed by atoms with Gasteiger partial charge in [-0.15, -0.1) is 0 Å². The first kappa shape index (κ1) is 18.9. The van der Waals surface area contributed by atoms with Crippen molar-refractivity contribution >= 4 is 17.9 Å². The molecule has 2 heterocycles. The van der Waals surface area contributed by atoms with Gasteiger partial charge in [0.05, 0.1) is 6.26 Å². The molecule has 0 radical (unpaired) electrons. The number of piperidine rings is 1. The summed E-state index contributed by atoms with van der Waals surface area (Å²) in [5, 5.41) is 2.76. The smallest absolute Gasteiger partial charge is 0.270 e. The zero-order valence-corrected chi connectivity index (χ0v) is 15.7. The normalized spacial score (nSPS) is 16.1. The average Bonchev–Trinajstić information content (AvgIpc) is 3.20. The number of furan rings is 1. The molecule has 2 amide bonds. The van der Waals surface area contributed by atoms with Crippen LogP contribution in [0.25, 0.3) is 6.08 Å². The number of rotatable bonds is 5. The summed E-state index contributed by atoms with van der Waals surface area (Å²) < 4.78 is 5.34. The largest absolute Gasteiger partial charge is 0.465 e. The molecular weight excluding hydrogens is 342 g/mol. The Morgan fingerprint density at radius 1 is 1.15 bits per heavy atom. The number of benzene rings is 1. The Labute approximate surface area is 159 Å². The van der Waals surface area contributed by atoms with Gasteiger partial charge in [-0.05, 0) is 57.2 Å². The summed E-state index contributed by atoms with van der Waals surface area (Å²) in [6.07, 6.45) is 4.95. The molecule has 0 spiro atoms. The number of likely N-dealkylation sites (N-methyl/N-ethyl adjacent to an activating group) is 1. The van der Waals surface area contributed by atoms with Gasteiger partial charge >= 0.3 is 0 Å². The SMILES string of the molecule is CN1CCC(N(C)C(=O)C(=Cc2ccco2)NC(=O)c2ccccc2)CC1. The highest BCUT2D eigenvalue weighted by atomic mass is 16.3. The maximum atomic E-state index is 13.1. The summed E-state index contributed by atoms with van der Waals surface area (Å²) >= 11 is 0. The van der Waals surface area contributed by atoms with Gasteiger partial charge in [0.25, 0.3) is 11.8 Å². The average molecular weight is 367 g/mol. The van der Waals surface area contributed by atoms with Gasteiger partial charge in [-0.1, -0.05) is 18.2 Å². The van der Waals surface area contributed by atoms with E-state index in [4.69, 9.17) is 4.42 Å². The van der Waals surface area contributed by atoms with Gasteiger partial charge in [0.15, 0.2) is 0 Å². The Morgan fingerprint density at radius 2 is 1.85 bits per heavy atom. The van der Waals surface area contributed by atoms with E-state index in [9.17, 15) is 9.59 Å². The predicted octanol–water partition coefficient (Wildman–Crippen LogP) is 2.60. The molecule has 0 atom stereocenters. The van der Waals surface area contributed by atoms with Gasteiger partial charge in [0.1, 0.15) is 11.5 Å². The topological polar surface area (TPSA) is 65.8 Å². The first-order valence-electron chi connectivity index (χ1n) is 9.12. The molecule has 1 aromatic carbocycles. The molecule has 1 saturated heterocycles. The van der Waals surface area contributed by atoms with Crippen molar-refractivity contribution in [1.82, 2.24) is 15.1 Å². The summed E-state index contributed by atoms with van der Waals surface area (Å²) in [4.78, 5) is 29.7. The number of hydrogen-bond acceptors (Lipinski definition) is 4. The third-order valence-corrected chi connectivity index (χ3v) is 4.90. The molecule has 27 heavy (non-hydrogen) atoms. The van der Waals surface area contributed by atoms with E-state index in [-0.39, 0.29) is 23.6 Å². The molecule has 0 unspecified atom stereocenters. The first-order chi connectivity index (χ1) is 13.0. The van der Waals surface area contributed by atoms with Gasteiger partial charge < -0.3 is 19.5 Å². The third-order valence-electron chi connectivity index (χ3n) is 4.90. The molecule has 1 aromatic heterocycles. The number of carbonyl (C=O) groups excluding carboxylic acids is 2. The van der Waals surface area contributed by atoms with E-state index >= 15 is 0 Å². The molecular formula is C21H25N3O3. The first-order valence-corrected chi connectivity index (χ1v) is 9.12. The van der Waals surface area contributed by atoms with Crippen LogP contribution >= 0.6 is 0 Å². The van der Waals surface area contributed by atoms with E-state index in [1.54, 1.807) is 54.4 Å². The van der Waals surface area contributed by atoms with Crippen LogP contribution in [0.2, 0.25) is 0 Å².